The molecule has 1 N–H and O–H groups in total. The highest BCUT2D eigenvalue weighted by molar-refractivity contribution is 8.01. The minimum Gasteiger partial charge on any atom is -0.465 e. The summed E-state index contributed by atoms with van der Waals surface area (Å²) >= 11 is 2.95. The van der Waals surface area contributed by atoms with Crippen LogP contribution in [0, 0.1) is 0 Å². The summed E-state index contributed by atoms with van der Waals surface area (Å²) in [6, 6.07) is 11.4. The number of fused-ring (bicyclic) bond motifs is 1. The van der Waals surface area contributed by atoms with Crippen molar-refractivity contribution in [3.8, 4) is 0 Å². The lowest BCUT2D eigenvalue weighted by Crippen LogP contribution is -2.15. The predicted octanol–water partition coefficient (Wildman–Crippen LogP) is 3.61. The van der Waals surface area contributed by atoms with Crippen LogP contribution in [-0.4, -0.2) is 43.9 Å². The van der Waals surface area contributed by atoms with Crippen LogP contribution in [0.5, 0.6) is 0 Å². The van der Waals surface area contributed by atoms with E-state index in [1.54, 1.807) is 30.3 Å². The highest BCUT2D eigenvalue weighted by Crippen LogP contribution is 2.31. The summed E-state index contributed by atoms with van der Waals surface area (Å²) < 4.78 is 30.5. The van der Waals surface area contributed by atoms with E-state index >= 15 is 0 Å². The molecule has 0 unspecified atom stereocenters. The molecule has 0 aliphatic heterocycles. The first-order chi connectivity index (χ1) is 13.7. The number of thioether (sulfide) groups is 1. The molecular formula is C19H18N2O5S3. The lowest BCUT2D eigenvalue weighted by Gasteiger charge is -2.09. The quantitative estimate of drug-likeness (QED) is 0.333. The van der Waals surface area contributed by atoms with Crippen LogP contribution in [0.15, 0.2) is 51.7 Å². The zero-order valence-electron chi connectivity index (χ0n) is 15.7. The first kappa shape index (κ1) is 21.3. The number of carbonyl (C=O) groups excluding carboxylic acids is 2. The number of esters is 1. The molecule has 29 heavy (non-hydrogen) atoms. The van der Waals surface area contributed by atoms with E-state index in [4.69, 9.17) is 4.74 Å². The fourth-order valence-corrected chi connectivity index (χ4v) is 5.41. The van der Waals surface area contributed by atoms with Crippen molar-refractivity contribution in [1.82, 2.24) is 4.98 Å². The van der Waals surface area contributed by atoms with Gasteiger partial charge in [0.05, 0.1) is 20.7 Å². The Hall–Kier alpha value is -2.43. The van der Waals surface area contributed by atoms with E-state index in [2.05, 4.69) is 10.3 Å². The van der Waals surface area contributed by atoms with Crippen LogP contribution >= 0.6 is 23.1 Å². The van der Waals surface area contributed by atoms with Gasteiger partial charge < -0.3 is 10.1 Å². The number of nitrogens with one attached hydrogen (secondary N) is 1. The molecule has 0 saturated heterocycles. The van der Waals surface area contributed by atoms with Crippen molar-refractivity contribution < 1.29 is 22.7 Å². The normalized spacial score (nSPS) is 11.4. The number of amides is 1. The molecule has 2 aromatic carbocycles. The summed E-state index contributed by atoms with van der Waals surface area (Å²) in [6.45, 7) is 1.68. The molecule has 7 nitrogen and oxygen atoms in total. The van der Waals surface area contributed by atoms with Crippen LogP contribution in [0.25, 0.3) is 10.2 Å². The Balaban J connectivity index is 1.74. The van der Waals surface area contributed by atoms with Gasteiger partial charge >= 0.3 is 5.97 Å². The molecule has 0 atom stereocenters. The molecule has 0 aliphatic rings. The van der Waals surface area contributed by atoms with Crippen molar-refractivity contribution in [3.05, 3.63) is 48.0 Å². The zero-order chi connectivity index (χ0) is 21.0. The molecule has 0 fully saturated rings. The van der Waals surface area contributed by atoms with Crippen molar-refractivity contribution in [2.75, 3.05) is 23.9 Å². The zero-order valence-corrected chi connectivity index (χ0v) is 18.1. The molecular weight excluding hydrogens is 432 g/mol. The van der Waals surface area contributed by atoms with Crippen molar-refractivity contribution in [2.45, 2.75) is 16.2 Å². The van der Waals surface area contributed by atoms with E-state index < -0.39 is 15.7 Å². The summed E-state index contributed by atoms with van der Waals surface area (Å²) in [5.74, 6) is -0.204. The van der Waals surface area contributed by atoms with Gasteiger partial charge in [-0.25, -0.2) is 13.4 Å². The molecule has 0 saturated carbocycles. The van der Waals surface area contributed by atoms with E-state index in [0.29, 0.717) is 18.0 Å². The van der Waals surface area contributed by atoms with Crippen LogP contribution in [0.4, 0.5) is 5.69 Å². The lowest BCUT2D eigenvalue weighted by atomic mass is 10.2. The number of anilines is 1. The summed E-state index contributed by atoms with van der Waals surface area (Å²) in [4.78, 5) is 27.9. The van der Waals surface area contributed by atoms with Gasteiger partial charge in [-0.3, -0.25) is 9.59 Å². The minimum absolute atomic E-state index is 0.0113. The minimum atomic E-state index is -3.52. The Bertz CT molecular complexity index is 1170. The fraction of sp³-hybridized carbons (Fsp3) is 0.211. The molecule has 3 rings (SSSR count). The highest BCUT2D eigenvalue weighted by Gasteiger charge is 2.18. The third-order valence-corrected chi connectivity index (χ3v) is 7.05. The Kier molecular flexibility index (Phi) is 6.56. The number of hydrogen-bond acceptors (Lipinski definition) is 8. The van der Waals surface area contributed by atoms with Gasteiger partial charge in [0, 0.05) is 24.6 Å². The summed E-state index contributed by atoms with van der Waals surface area (Å²) in [7, 11) is -3.52. The molecule has 0 bridgehead atoms. The number of benzene rings is 2. The van der Waals surface area contributed by atoms with Gasteiger partial charge in [0.2, 0.25) is 0 Å². The molecule has 0 spiro atoms. The van der Waals surface area contributed by atoms with Gasteiger partial charge in [-0.05, 0) is 30.3 Å². The van der Waals surface area contributed by atoms with Crippen molar-refractivity contribution in [2.24, 2.45) is 0 Å². The standard InChI is InChI=1S/C19H18N2O5S3/c1-12(22)26-9-10-27-19-21-15-8-7-13(11-16(15)28-19)20-18(23)14-5-3-4-6-17(14)29(2,24)25/h3-8,11H,9-10H2,1-2H3,(H,20,23). The van der Waals surface area contributed by atoms with Crippen molar-refractivity contribution in [1.29, 1.82) is 0 Å². The van der Waals surface area contributed by atoms with Gasteiger partial charge in [-0.2, -0.15) is 0 Å². The number of aromatic nitrogens is 1. The second-order valence-electron chi connectivity index (χ2n) is 6.07. The van der Waals surface area contributed by atoms with E-state index in [9.17, 15) is 18.0 Å². The van der Waals surface area contributed by atoms with Crippen LogP contribution in [-0.2, 0) is 19.4 Å². The van der Waals surface area contributed by atoms with E-state index in [1.807, 2.05) is 0 Å². The smallest absolute Gasteiger partial charge is 0.302 e. The number of hydrogen-bond donors (Lipinski definition) is 1. The maximum absolute atomic E-state index is 12.6. The molecule has 1 heterocycles. The number of thiazole rings is 1. The Morgan fingerprint density at radius 3 is 2.69 bits per heavy atom. The maximum Gasteiger partial charge on any atom is 0.302 e. The largest absolute Gasteiger partial charge is 0.465 e. The van der Waals surface area contributed by atoms with Crippen LogP contribution in [0.2, 0.25) is 0 Å². The average Bonchev–Trinajstić information content (AvgIpc) is 3.06. The van der Waals surface area contributed by atoms with Gasteiger partial charge in [0.15, 0.2) is 14.2 Å². The second-order valence-corrected chi connectivity index (χ2v) is 10.4. The highest BCUT2D eigenvalue weighted by atomic mass is 32.2. The molecule has 1 aromatic heterocycles. The van der Waals surface area contributed by atoms with Crippen LogP contribution in [0.1, 0.15) is 17.3 Å². The molecule has 0 radical (unpaired) electrons. The van der Waals surface area contributed by atoms with E-state index in [-0.39, 0.29) is 16.4 Å². The van der Waals surface area contributed by atoms with Gasteiger partial charge in [0.25, 0.3) is 5.91 Å². The molecule has 10 heteroatoms. The number of sulfone groups is 1. The number of nitrogens with zero attached hydrogens (tertiary/aromatic N) is 1. The molecule has 0 aliphatic carbocycles. The third-order valence-electron chi connectivity index (χ3n) is 3.77. The van der Waals surface area contributed by atoms with Crippen LogP contribution < -0.4 is 5.32 Å². The first-order valence-corrected chi connectivity index (χ1v) is 12.2. The maximum atomic E-state index is 12.6. The van der Waals surface area contributed by atoms with Crippen LogP contribution in [0.3, 0.4) is 0 Å². The monoisotopic (exact) mass is 450 g/mol. The Labute approximate surface area is 176 Å². The summed E-state index contributed by atoms with van der Waals surface area (Å²) in [5.41, 5.74) is 1.44. The third kappa shape index (κ3) is 5.55. The Morgan fingerprint density at radius 2 is 1.97 bits per heavy atom. The first-order valence-electron chi connectivity index (χ1n) is 8.51. The van der Waals surface area contributed by atoms with E-state index in [0.717, 1.165) is 20.8 Å². The second kappa shape index (κ2) is 8.93. The van der Waals surface area contributed by atoms with Gasteiger partial charge in [-0.15, -0.1) is 11.3 Å². The van der Waals surface area contributed by atoms with E-state index in [1.165, 1.54) is 42.2 Å². The van der Waals surface area contributed by atoms with Gasteiger partial charge in [-0.1, -0.05) is 23.9 Å². The molecule has 152 valence electrons. The topological polar surface area (TPSA) is 102 Å². The van der Waals surface area contributed by atoms with Gasteiger partial charge in [0.1, 0.15) is 6.61 Å². The average molecular weight is 451 g/mol. The lowest BCUT2D eigenvalue weighted by molar-refractivity contribution is -0.140. The SMILES string of the molecule is CC(=O)OCCSc1nc2ccc(NC(=O)c3ccccc3S(C)(=O)=O)cc2s1. The number of ether oxygens (including phenoxy) is 1. The van der Waals surface area contributed by atoms with Crippen molar-refractivity contribution in [3.63, 3.8) is 0 Å². The predicted molar refractivity (Wildman–Crippen MR) is 114 cm³/mol. The van der Waals surface area contributed by atoms with Crippen molar-refractivity contribution >= 4 is 60.7 Å². The number of carbonyl (C=O) groups is 2. The Morgan fingerprint density at radius 1 is 1.21 bits per heavy atom. The molecule has 1 amide bonds. The molecule has 3 aromatic rings. The summed E-state index contributed by atoms with van der Waals surface area (Å²) in [5, 5.41) is 2.75. The number of rotatable bonds is 7. The summed E-state index contributed by atoms with van der Waals surface area (Å²) in [6.07, 6.45) is 1.07. The fourth-order valence-electron chi connectivity index (χ4n) is 2.53.